The predicted octanol–water partition coefficient (Wildman–Crippen LogP) is 2.02. The van der Waals surface area contributed by atoms with Crippen molar-refractivity contribution in [1.82, 2.24) is 14.3 Å². The molecule has 144 valence electrons. The molecule has 0 spiro atoms. The molecule has 2 aromatic heterocycles. The van der Waals surface area contributed by atoms with Crippen molar-refractivity contribution in [2.75, 3.05) is 26.3 Å². The van der Waals surface area contributed by atoms with Crippen LogP contribution in [0.4, 0.5) is 0 Å². The highest BCUT2D eigenvalue weighted by Gasteiger charge is 2.27. The van der Waals surface area contributed by atoms with E-state index in [-0.39, 0.29) is 28.9 Å². The number of hydrogen-bond acceptors (Lipinski definition) is 6. The van der Waals surface area contributed by atoms with Crippen LogP contribution in [0, 0.1) is 0 Å². The zero-order valence-electron chi connectivity index (χ0n) is 14.8. The minimum absolute atomic E-state index is 0.0112. The zero-order valence-corrected chi connectivity index (χ0v) is 15.6. The van der Waals surface area contributed by atoms with Crippen molar-refractivity contribution in [1.29, 1.82) is 0 Å². The Morgan fingerprint density at radius 1 is 1.14 bits per heavy atom. The zero-order chi connectivity index (χ0) is 19.7. The van der Waals surface area contributed by atoms with Crippen LogP contribution in [0.5, 0.6) is 0 Å². The summed E-state index contributed by atoms with van der Waals surface area (Å²) < 4.78 is 32.3. The van der Waals surface area contributed by atoms with E-state index in [1.165, 1.54) is 28.6 Å². The van der Waals surface area contributed by atoms with Crippen molar-refractivity contribution in [3.8, 4) is 11.3 Å². The van der Waals surface area contributed by atoms with E-state index in [1.807, 2.05) is 0 Å². The number of carbonyl (C=O) groups is 1. The van der Waals surface area contributed by atoms with Crippen molar-refractivity contribution in [3.63, 3.8) is 0 Å². The normalized spacial score (nSPS) is 15.6. The van der Waals surface area contributed by atoms with Gasteiger partial charge in [0.05, 0.1) is 34.9 Å². The first-order valence-electron chi connectivity index (χ1n) is 8.63. The minimum Gasteiger partial charge on any atom is -0.478 e. The molecule has 0 atom stereocenters. The maximum Gasteiger partial charge on any atom is 0.336 e. The Morgan fingerprint density at radius 3 is 2.61 bits per heavy atom. The van der Waals surface area contributed by atoms with Crippen LogP contribution in [0.15, 0.2) is 53.7 Å². The number of aromatic carboxylic acids is 1. The van der Waals surface area contributed by atoms with E-state index < -0.39 is 16.0 Å². The Bertz CT molecular complexity index is 1140. The predicted molar refractivity (Wildman–Crippen MR) is 102 cm³/mol. The Hall–Kier alpha value is -2.88. The van der Waals surface area contributed by atoms with Gasteiger partial charge in [-0.1, -0.05) is 0 Å². The lowest BCUT2D eigenvalue weighted by atomic mass is 10.1. The van der Waals surface area contributed by atoms with E-state index in [0.717, 1.165) is 0 Å². The van der Waals surface area contributed by atoms with E-state index in [1.54, 1.807) is 24.5 Å². The molecule has 1 saturated heterocycles. The summed E-state index contributed by atoms with van der Waals surface area (Å²) in [6.07, 6.45) is 3.21. The number of sulfonamides is 1. The standard InChI is InChI=1S/C19H17N3O5S/c23-19(24)16-11-18(13-2-1-5-20-12-13)21-17-4-3-14(10-15(16)17)28(25,26)22-6-8-27-9-7-22/h1-5,10-12H,6-9H2,(H,23,24). The van der Waals surface area contributed by atoms with Gasteiger partial charge in [-0.15, -0.1) is 0 Å². The molecular formula is C19H17N3O5S. The van der Waals surface area contributed by atoms with Gasteiger partial charge in [-0.3, -0.25) is 4.98 Å². The average molecular weight is 399 g/mol. The third kappa shape index (κ3) is 3.35. The molecule has 0 aliphatic carbocycles. The Morgan fingerprint density at radius 2 is 1.93 bits per heavy atom. The fourth-order valence-corrected chi connectivity index (χ4v) is 4.58. The monoisotopic (exact) mass is 399 g/mol. The lowest BCUT2D eigenvalue weighted by molar-refractivity contribution is 0.0699. The molecule has 0 bridgehead atoms. The maximum absolute atomic E-state index is 12.9. The number of carboxylic acids is 1. The Labute approximate surface area is 161 Å². The SMILES string of the molecule is O=C(O)c1cc(-c2cccnc2)nc2ccc(S(=O)(=O)N3CCOCC3)cc12. The summed E-state index contributed by atoms with van der Waals surface area (Å²) in [5, 5.41) is 9.95. The number of nitrogens with zero attached hydrogens (tertiary/aromatic N) is 3. The summed E-state index contributed by atoms with van der Waals surface area (Å²) >= 11 is 0. The van der Waals surface area contributed by atoms with E-state index in [0.29, 0.717) is 30.0 Å². The summed E-state index contributed by atoms with van der Waals surface area (Å²) in [4.78, 5) is 20.4. The van der Waals surface area contributed by atoms with Crippen molar-refractivity contribution in [3.05, 3.63) is 54.4 Å². The lowest BCUT2D eigenvalue weighted by Crippen LogP contribution is -2.40. The second-order valence-corrected chi connectivity index (χ2v) is 8.24. The second kappa shape index (κ2) is 7.27. The van der Waals surface area contributed by atoms with Crippen LogP contribution >= 0.6 is 0 Å². The molecule has 3 aromatic rings. The first kappa shape index (κ1) is 18.5. The molecule has 9 heteroatoms. The highest BCUT2D eigenvalue weighted by Crippen LogP contribution is 2.28. The van der Waals surface area contributed by atoms with Gasteiger partial charge in [-0.05, 0) is 36.4 Å². The summed E-state index contributed by atoms with van der Waals surface area (Å²) in [7, 11) is -3.74. The molecule has 1 aliphatic heterocycles. The lowest BCUT2D eigenvalue weighted by Gasteiger charge is -2.26. The second-order valence-electron chi connectivity index (χ2n) is 6.30. The number of pyridine rings is 2. The van der Waals surface area contributed by atoms with E-state index in [4.69, 9.17) is 4.74 Å². The van der Waals surface area contributed by atoms with Crippen LogP contribution in [0.3, 0.4) is 0 Å². The number of fused-ring (bicyclic) bond motifs is 1. The first-order chi connectivity index (χ1) is 13.5. The molecule has 1 aromatic carbocycles. The Kier molecular flexibility index (Phi) is 4.80. The third-order valence-corrected chi connectivity index (χ3v) is 6.47. The van der Waals surface area contributed by atoms with Gasteiger partial charge in [0.1, 0.15) is 0 Å². The largest absolute Gasteiger partial charge is 0.478 e. The van der Waals surface area contributed by atoms with Gasteiger partial charge in [-0.2, -0.15) is 4.31 Å². The molecule has 28 heavy (non-hydrogen) atoms. The smallest absolute Gasteiger partial charge is 0.336 e. The van der Waals surface area contributed by atoms with Gasteiger partial charge < -0.3 is 9.84 Å². The number of ether oxygens (including phenoxy) is 1. The van der Waals surface area contributed by atoms with Gasteiger partial charge in [0.25, 0.3) is 0 Å². The van der Waals surface area contributed by atoms with Crippen molar-refractivity contribution in [2.24, 2.45) is 0 Å². The molecule has 4 rings (SSSR count). The maximum atomic E-state index is 12.9. The van der Waals surface area contributed by atoms with Crippen LogP contribution in [-0.2, 0) is 14.8 Å². The van der Waals surface area contributed by atoms with E-state index in [2.05, 4.69) is 9.97 Å². The molecule has 0 unspecified atom stereocenters. The van der Waals surface area contributed by atoms with Crippen LogP contribution in [0.2, 0.25) is 0 Å². The molecule has 3 heterocycles. The van der Waals surface area contributed by atoms with Crippen LogP contribution in [-0.4, -0.2) is 60.1 Å². The van der Waals surface area contributed by atoms with Gasteiger partial charge >= 0.3 is 5.97 Å². The van der Waals surface area contributed by atoms with Crippen molar-refractivity contribution < 1.29 is 23.1 Å². The van der Waals surface area contributed by atoms with Crippen LogP contribution in [0.1, 0.15) is 10.4 Å². The number of morpholine rings is 1. The molecule has 0 amide bonds. The number of aromatic nitrogens is 2. The summed E-state index contributed by atoms with van der Waals surface area (Å²) in [6, 6.07) is 9.33. The summed E-state index contributed by atoms with van der Waals surface area (Å²) in [5.74, 6) is -1.15. The fraction of sp³-hybridized carbons (Fsp3) is 0.211. The number of rotatable bonds is 4. The Balaban J connectivity index is 1.85. The van der Waals surface area contributed by atoms with Crippen LogP contribution in [0.25, 0.3) is 22.2 Å². The van der Waals surface area contributed by atoms with Gasteiger partial charge in [0.2, 0.25) is 10.0 Å². The van der Waals surface area contributed by atoms with Crippen LogP contribution < -0.4 is 0 Å². The topological polar surface area (TPSA) is 110 Å². The van der Waals surface area contributed by atoms with E-state index in [9.17, 15) is 18.3 Å². The molecule has 1 fully saturated rings. The van der Waals surface area contributed by atoms with Gasteiger partial charge in [-0.25, -0.2) is 18.2 Å². The molecule has 1 N–H and O–H groups in total. The molecule has 0 radical (unpaired) electrons. The van der Waals surface area contributed by atoms with Crippen molar-refractivity contribution in [2.45, 2.75) is 4.90 Å². The highest BCUT2D eigenvalue weighted by atomic mass is 32.2. The highest BCUT2D eigenvalue weighted by molar-refractivity contribution is 7.89. The molecular weight excluding hydrogens is 382 g/mol. The third-order valence-electron chi connectivity index (χ3n) is 4.58. The van der Waals surface area contributed by atoms with E-state index >= 15 is 0 Å². The molecule has 0 saturated carbocycles. The van der Waals surface area contributed by atoms with Gasteiger partial charge in [0, 0.05) is 36.4 Å². The summed E-state index contributed by atoms with van der Waals surface area (Å²) in [5.41, 5.74) is 1.53. The number of hydrogen-bond donors (Lipinski definition) is 1. The first-order valence-corrected chi connectivity index (χ1v) is 10.1. The number of carboxylic acid groups (broad SMARTS) is 1. The average Bonchev–Trinajstić information content (AvgIpc) is 2.73. The number of benzene rings is 1. The summed E-state index contributed by atoms with van der Waals surface area (Å²) in [6.45, 7) is 1.21. The molecule has 1 aliphatic rings. The fourth-order valence-electron chi connectivity index (χ4n) is 3.14. The minimum atomic E-state index is -3.74. The van der Waals surface area contributed by atoms with Crippen molar-refractivity contribution >= 4 is 26.9 Å². The van der Waals surface area contributed by atoms with Gasteiger partial charge in [0.15, 0.2) is 0 Å². The quantitative estimate of drug-likeness (QED) is 0.715. The molecule has 8 nitrogen and oxygen atoms in total.